The van der Waals surface area contributed by atoms with Crippen LogP contribution in [0.4, 0.5) is 14.5 Å². The van der Waals surface area contributed by atoms with Crippen LogP contribution < -0.4 is 14.8 Å². The molecule has 1 aliphatic heterocycles. The van der Waals surface area contributed by atoms with Gasteiger partial charge in [-0.1, -0.05) is 12.1 Å². The SMILES string of the molecule is N#CCSc1ccccc1C(=O)Nc1ccc2c(c1)OC(F)(F)O2. The van der Waals surface area contributed by atoms with E-state index in [1.165, 1.54) is 30.0 Å². The van der Waals surface area contributed by atoms with E-state index in [-0.39, 0.29) is 17.3 Å². The normalized spacial score (nSPS) is 14.0. The Kier molecular flexibility index (Phi) is 4.27. The van der Waals surface area contributed by atoms with Crippen LogP contribution in [0.5, 0.6) is 11.5 Å². The topological polar surface area (TPSA) is 71.4 Å². The van der Waals surface area contributed by atoms with Gasteiger partial charge < -0.3 is 14.8 Å². The van der Waals surface area contributed by atoms with E-state index in [0.29, 0.717) is 16.1 Å². The Hall–Kier alpha value is -2.79. The number of hydrogen-bond donors (Lipinski definition) is 1. The molecule has 3 rings (SSSR count). The van der Waals surface area contributed by atoms with Crippen LogP contribution in [0.3, 0.4) is 0 Å². The molecule has 1 amide bonds. The molecule has 2 aromatic carbocycles. The Bertz CT molecular complexity index is 836. The van der Waals surface area contributed by atoms with E-state index in [9.17, 15) is 13.6 Å². The van der Waals surface area contributed by atoms with Crippen molar-refractivity contribution in [3.8, 4) is 17.6 Å². The maximum atomic E-state index is 13.0. The monoisotopic (exact) mass is 348 g/mol. The molecule has 122 valence electrons. The lowest BCUT2D eigenvalue weighted by Crippen LogP contribution is -2.25. The third kappa shape index (κ3) is 3.41. The van der Waals surface area contributed by atoms with Crippen molar-refractivity contribution in [1.29, 1.82) is 5.26 Å². The molecule has 24 heavy (non-hydrogen) atoms. The van der Waals surface area contributed by atoms with Gasteiger partial charge in [0.05, 0.1) is 17.4 Å². The number of fused-ring (bicyclic) bond motifs is 1. The largest absolute Gasteiger partial charge is 0.586 e. The second kappa shape index (κ2) is 6.37. The number of ether oxygens (including phenoxy) is 2. The molecular weight excluding hydrogens is 338 g/mol. The van der Waals surface area contributed by atoms with Crippen LogP contribution in [-0.2, 0) is 0 Å². The molecule has 0 aromatic heterocycles. The van der Waals surface area contributed by atoms with Gasteiger partial charge in [0.1, 0.15) is 0 Å². The number of amides is 1. The number of nitriles is 1. The molecule has 8 heteroatoms. The lowest BCUT2D eigenvalue weighted by molar-refractivity contribution is -0.286. The number of halogens is 2. The van der Waals surface area contributed by atoms with E-state index in [0.717, 1.165) is 0 Å². The summed E-state index contributed by atoms with van der Waals surface area (Å²) in [6.07, 6.45) is -3.70. The van der Waals surface area contributed by atoms with Crippen LogP contribution in [0, 0.1) is 11.3 Å². The van der Waals surface area contributed by atoms with Gasteiger partial charge in [-0.15, -0.1) is 20.5 Å². The fourth-order valence-electron chi connectivity index (χ4n) is 2.12. The zero-order chi connectivity index (χ0) is 17.2. The van der Waals surface area contributed by atoms with Crippen LogP contribution in [-0.4, -0.2) is 18.0 Å². The van der Waals surface area contributed by atoms with Crippen molar-refractivity contribution in [3.63, 3.8) is 0 Å². The lowest BCUT2D eigenvalue weighted by atomic mass is 10.2. The molecule has 0 spiro atoms. The van der Waals surface area contributed by atoms with Gasteiger partial charge in [-0.05, 0) is 24.3 Å². The summed E-state index contributed by atoms with van der Waals surface area (Å²) < 4.78 is 34.7. The first kappa shape index (κ1) is 16.1. The number of alkyl halides is 2. The van der Waals surface area contributed by atoms with Crippen LogP contribution in [0.1, 0.15) is 10.4 Å². The number of thioether (sulfide) groups is 1. The van der Waals surface area contributed by atoms with E-state index < -0.39 is 12.2 Å². The first-order chi connectivity index (χ1) is 11.5. The van der Waals surface area contributed by atoms with Crippen LogP contribution in [0.2, 0.25) is 0 Å². The van der Waals surface area contributed by atoms with Crippen molar-refractivity contribution in [2.45, 2.75) is 11.2 Å². The summed E-state index contributed by atoms with van der Waals surface area (Å²) >= 11 is 1.24. The smallest absolute Gasteiger partial charge is 0.395 e. The van der Waals surface area contributed by atoms with E-state index in [1.54, 1.807) is 24.3 Å². The molecule has 5 nitrogen and oxygen atoms in total. The second-order valence-electron chi connectivity index (χ2n) is 4.73. The predicted octanol–water partition coefficient (Wildman–Crippen LogP) is 3.88. The maximum Gasteiger partial charge on any atom is 0.586 e. The van der Waals surface area contributed by atoms with Crippen molar-refractivity contribution < 1.29 is 23.0 Å². The number of carbonyl (C=O) groups excluding carboxylic acids is 1. The van der Waals surface area contributed by atoms with Gasteiger partial charge in [0.25, 0.3) is 5.91 Å². The van der Waals surface area contributed by atoms with E-state index in [2.05, 4.69) is 14.8 Å². The third-order valence-corrected chi connectivity index (χ3v) is 4.02. The Morgan fingerprint density at radius 1 is 1.21 bits per heavy atom. The number of nitrogens with zero attached hydrogens (tertiary/aromatic N) is 1. The summed E-state index contributed by atoms with van der Waals surface area (Å²) in [5, 5.41) is 11.3. The van der Waals surface area contributed by atoms with Gasteiger partial charge >= 0.3 is 6.29 Å². The minimum absolute atomic E-state index is 0.0945. The number of rotatable bonds is 4. The van der Waals surface area contributed by atoms with Gasteiger partial charge in [0, 0.05) is 16.6 Å². The van der Waals surface area contributed by atoms with E-state index in [4.69, 9.17) is 5.26 Å². The number of benzene rings is 2. The van der Waals surface area contributed by atoms with Crippen LogP contribution in [0.25, 0.3) is 0 Å². The standard InChI is InChI=1S/C16H10F2N2O3S/c17-16(18)22-12-6-5-10(9-13(12)23-16)20-15(21)11-3-1-2-4-14(11)24-8-7-19/h1-6,9H,8H2,(H,20,21). The maximum absolute atomic E-state index is 13.0. The fourth-order valence-corrected chi connectivity index (χ4v) is 2.83. The first-order valence-electron chi connectivity index (χ1n) is 6.78. The minimum Gasteiger partial charge on any atom is -0.395 e. The minimum atomic E-state index is -3.70. The average Bonchev–Trinajstić information content (AvgIpc) is 2.86. The summed E-state index contributed by atoms with van der Waals surface area (Å²) in [5.74, 6) is -0.446. The molecule has 0 fully saturated rings. The van der Waals surface area contributed by atoms with Gasteiger partial charge in [0.2, 0.25) is 0 Å². The zero-order valence-corrected chi connectivity index (χ0v) is 12.9. The third-order valence-electron chi connectivity index (χ3n) is 3.08. The summed E-state index contributed by atoms with van der Waals surface area (Å²) in [6, 6.07) is 12.8. The molecule has 1 heterocycles. The number of carbonyl (C=O) groups is 1. The Labute approximate surface area is 140 Å². The molecule has 0 unspecified atom stereocenters. The highest BCUT2D eigenvalue weighted by molar-refractivity contribution is 7.99. The Balaban J connectivity index is 1.78. The molecule has 1 aliphatic rings. The van der Waals surface area contributed by atoms with Crippen molar-refractivity contribution in [2.24, 2.45) is 0 Å². The van der Waals surface area contributed by atoms with Crippen molar-refractivity contribution in [3.05, 3.63) is 48.0 Å². The fraction of sp³-hybridized carbons (Fsp3) is 0.125. The Morgan fingerprint density at radius 3 is 2.75 bits per heavy atom. The van der Waals surface area contributed by atoms with Gasteiger partial charge in [-0.25, -0.2) is 0 Å². The molecule has 0 bridgehead atoms. The van der Waals surface area contributed by atoms with Gasteiger partial charge in [-0.3, -0.25) is 4.79 Å². The van der Waals surface area contributed by atoms with Gasteiger partial charge in [0.15, 0.2) is 11.5 Å². The lowest BCUT2D eigenvalue weighted by Gasteiger charge is -2.09. The highest BCUT2D eigenvalue weighted by Gasteiger charge is 2.43. The molecule has 0 aliphatic carbocycles. The van der Waals surface area contributed by atoms with Crippen LogP contribution in [0.15, 0.2) is 47.4 Å². The highest BCUT2D eigenvalue weighted by Crippen LogP contribution is 2.42. The second-order valence-corrected chi connectivity index (χ2v) is 5.74. The van der Waals surface area contributed by atoms with Gasteiger partial charge in [-0.2, -0.15) is 5.26 Å². The van der Waals surface area contributed by atoms with E-state index in [1.807, 2.05) is 6.07 Å². The molecule has 0 saturated heterocycles. The number of hydrogen-bond acceptors (Lipinski definition) is 5. The van der Waals surface area contributed by atoms with Crippen molar-refractivity contribution in [1.82, 2.24) is 0 Å². The molecule has 2 aromatic rings. The Morgan fingerprint density at radius 2 is 1.96 bits per heavy atom. The molecule has 0 saturated carbocycles. The summed E-state index contributed by atoms with van der Waals surface area (Å²) in [7, 11) is 0. The number of anilines is 1. The van der Waals surface area contributed by atoms with Crippen molar-refractivity contribution >= 4 is 23.4 Å². The predicted molar refractivity (Wildman–Crippen MR) is 83.4 cm³/mol. The summed E-state index contributed by atoms with van der Waals surface area (Å²) in [4.78, 5) is 13.1. The van der Waals surface area contributed by atoms with E-state index >= 15 is 0 Å². The summed E-state index contributed by atoms with van der Waals surface area (Å²) in [6.45, 7) is 0. The molecule has 1 N–H and O–H groups in total. The zero-order valence-electron chi connectivity index (χ0n) is 12.1. The number of nitrogens with one attached hydrogen (secondary N) is 1. The summed E-state index contributed by atoms with van der Waals surface area (Å²) in [5.41, 5.74) is 0.681. The van der Waals surface area contributed by atoms with Crippen molar-refractivity contribution in [2.75, 3.05) is 11.1 Å². The first-order valence-corrected chi connectivity index (χ1v) is 7.77. The molecule has 0 radical (unpaired) electrons. The quantitative estimate of drug-likeness (QED) is 0.849. The highest BCUT2D eigenvalue weighted by atomic mass is 32.2. The average molecular weight is 348 g/mol. The molecular formula is C16H10F2N2O3S. The van der Waals surface area contributed by atoms with Crippen LogP contribution >= 0.6 is 11.8 Å². The molecule has 0 atom stereocenters.